The first kappa shape index (κ1) is 10.8. The molecule has 0 unspecified atom stereocenters. The molecule has 1 fully saturated rings. The first-order valence-corrected chi connectivity index (χ1v) is 3.66. The number of hydrogen-bond acceptors (Lipinski definition) is 7. The van der Waals surface area contributed by atoms with Gasteiger partial charge in [-0.2, -0.15) is 0 Å². The number of rotatable bonds is 2. The molecule has 1 heterocycles. The summed E-state index contributed by atoms with van der Waals surface area (Å²) >= 11 is 0. The molecule has 4 atom stereocenters. The summed E-state index contributed by atoms with van der Waals surface area (Å²) in [5.74, 6) is -2.82. The molecule has 0 amide bonds. The van der Waals surface area contributed by atoms with Crippen LogP contribution < -0.4 is 0 Å². The zero-order chi connectivity index (χ0) is 10.2. The molecule has 78 valence electrons. The van der Waals surface area contributed by atoms with E-state index in [1.165, 1.54) is 0 Å². The third-order valence-electron chi connectivity index (χ3n) is 1.96. The smallest absolute Gasteiger partial charge is 0.245 e. The van der Waals surface area contributed by atoms with Gasteiger partial charge in [-0.1, -0.05) is 0 Å². The second kappa shape index (κ2) is 3.46. The van der Waals surface area contributed by atoms with Gasteiger partial charge in [0, 0.05) is 0 Å². The lowest BCUT2D eigenvalue weighted by atomic mass is 10.0. The number of ether oxygens (including phenoxy) is 1. The molecule has 7 heteroatoms. The Morgan fingerprint density at radius 3 is 2.15 bits per heavy atom. The first-order valence-electron chi connectivity index (χ1n) is 3.66. The van der Waals surface area contributed by atoms with Crippen molar-refractivity contribution in [3.63, 3.8) is 0 Å². The molecule has 0 aliphatic carbocycles. The molecular formula is C6H12O7. The van der Waals surface area contributed by atoms with E-state index in [1.807, 2.05) is 0 Å². The fourth-order valence-electron chi connectivity index (χ4n) is 1.12. The topological polar surface area (TPSA) is 131 Å². The average molecular weight is 196 g/mol. The molecule has 1 aliphatic heterocycles. The van der Waals surface area contributed by atoms with Crippen LogP contribution in [0.2, 0.25) is 0 Å². The van der Waals surface area contributed by atoms with Crippen LogP contribution in [0.25, 0.3) is 0 Å². The lowest BCUT2D eigenvalue weighted by molar-refractivity contribution is -0.281. The highest BCUT2D eigenvalue weighted by Gasteiger charge is 2.56. The number of aliphatic hydroxyl groups excluding tert-OH is 4. The molecular weight excluding hydrogens is 184 g/mol. The normalized spacial score (nSPS) is 40.6. The Morgan fingerprint density at radius 1 is 1.31 bits per heavy atom. The van der Waals surface area contributed by atoms with E-state index in [1.54, 1.807) is 0 Å². The van der Waals surface area contributed by atoms with Crippen molar-refractivity contribution in [1.29, 1.82) is 0 Å². The summed E-state index contributed by atoms with van der Waals surface area (Å²) in [5, 5.41) is 53.5. The average Bonchev–Trinajstić information content (AvgIpc) is 2.28. The standard InChI is InChI=1S/C6H12O7/c7-1-2(8)3-4(9)6(11,12)5(10)13-3/h2-5,7-12H,1H2/t2-,3-,4-,5-/m1/s1. The van der Waals surface area contributed by atoms with Gasteiger partial charge in [0.1, 0.15) is 18.3 Å². The van der Waals surface area contributed by atoms with Gasteiger partial charge in [-0.3, -0.25) is 0 Å². The van der Waals surface area contributed by atoms with E-state index in [0.717, 1.165) is 0 Å². The predicted octanol–water partition coefficient (Wildman–Crippen LogP) is -3.90. The van der Waals surface area contributed by atoms with Gasteiger partial charge < -0.3 is 35.4 Å². The van der Waals surface area contributed by atoms with Crippen LogP contribution in [0.4, 0.5) is 0 Å². The third kappa shape index (κ3) is 1.67. The summed E-state index contributed by atoms with van der Waals surface area (Å²) in [4.78, 5) is 0. The Labute approximate surface area is 73.4 Å². The fraction of sp³-hybridized carbons (Fsp3) is 1.00. The van der Waals surface area contributed by atoms with Gasteiger partial charge in [0.15, 0.2) is 0 Å². The predicted molar refractivity (Wildman–Crippen MR) is 37.1 cm³/mol. The van der Waals surface area contributed by atoms with Crippen molar-refractivity contribution in [1.82, 2.24) is 0 Å². The largest absolute Gasteiger partial charge is 0.394 e. The monoisotopic (exact) mass is 196 g/mol. The molecule has 0 aromatic carbocycles. The number of aliphatic hydroxyl groups is 6. The van der Waals surface area contributed by atoms with Crippen LogP contribution in [0.1, 0.15) is 0 Å². The van der Waals surface area contributed by atoms with Gasteiger partial charge in [-0.25, -0.2) is 0 Å². The van der Waals surface area contributed by atoms with Gasteiger partial charge >= 0.3 is 0 Å². The SMILES string of the molecule is OC[C@@H](O)[C@H]1O[C@@H](O)C(O)(O)[C@@H]1O. The summed E-state index contributed by atoms with van der Waals surface area (Å²) < 4.78 is 4.44. The van der Waals surface area contributed by atoms with E-state index >= 15 is 0 Å². The summed E-state index contributed by atoms with van der Waals surface area (Å²) in [7, 11) is 0. The highest BCUT2D eigenvalue weighted by atomic mass is 16.7. The van der Waals surface area contributed by atoms with Crippen LogP contribution in [-0.2, 0) is 4.74 Å². The maximum absolute atomic E-state index is 9.13. The maximum Gasteiger partial charge on any atom is 0.245 e. The van der Waals surface area contributed by atoms with Crippen LogP contribution in [-0.4, -0.2) is 67.6 Å². The molecule has 13 heavy (non-hydrogen) atoms. The van der Waals surface area contributed by atoms with Crippen molar-refractivity contribution < 1.29 is 35.4 Å². The highest BCUT2D eigenvalue weighted by Crippen LogP contribution is 2.29. The van der Waals surface area contributed by atoms with Crippen molar-refractivity contribution in [3.05, 3.63) is 0 Å². The Hall–Kier alpha value is -0.280. The minimum absolute atomic E-state index is 0.718. The van der Waals surface area contributed by atoms with E-state index in [-0.39, 0.29) is 0 Å². The lowest BCUT2D eigenvalue weighted by Crippen LogP contribution is -2.50. The van der Waals surface area contributed by atoms with Crippen molar-refractivity contribution in [2.75, 3.05) is 6.61 Å². The molecule has 1 saturated heterocycles. The van der Waals surface area contributed by atoms with Crippen LogP contribution in [0.5, 0.6) is 0 Å². The molecule has 0 radical (unpaired) electrons. The fourth-order valence-corrected chi connectivity index (χ4v) is 1.12. The quantitative estimate of drug-likeness (QED) is 0.249. The molecule has 0 aromatic heterocycles. The van der Waals surface area contributed by atoms with Crippen LogP contribution >= 0.6 is 0 Å². The first-order chi connectivity index (χ1) is 5.91. The van der Waals surface area contributed by atoms with Gasteiger partial charge in [-0.15, -0.1) is 0 Å². The van der Waals surface area contributed by atoms with E-state index in [9.17, 15) is 0 Å². The van der Waals surface area contributed by atoms with Gasteiger partial charge in [-0.05, 0) is 0 Å². The minimum Gasteiger partial charge on any atom is -0.394 e. The molecule has 7 nitrogen and oxygen atoms in total. The van der Waals surface area contributed by atoms with E-state index < -0.39 is 37.0 Å². The van der Waals surface area contributed by atoms with Crippen molar-refractivity contribution in [3.8, 4) is 0 Å². The summed E-state index contributed by atoms with van der Waals surface area (Å²) in [6, 6.07) is 0. The zero-order valence-electron chi connectivity index (χ0n) is 6.61. The zero-order valence-corrected chi connectivity index (χ0v) is 6.61. The molecule has 0 saturated carbocycles. The maximum atomic E-state index is 9.13. The van der Waals surface area contributed by atoms with Gasteiger partial charge in [0.2, 0.25) is 12.1 Å². The van der Waals surface area contributed by atoms with Crippen LogP contribution in [0, 0.1) is 0 Å². The minimum atomic E-state index is -2.82. The molecule has 0 aromatic rings. The highest BCUT2D eigenvalue weighted by molar-refractivity contribution is 4.94. The van der Waals surface area contributed by atoms with Gasteiger partial charge in [0.05, 0.1) is 6.61 Å². The Kier molecular flexibility index (Phi) is 2.88. The molecule has 0 bridgehead atoms. The molecule has 6 N–H and O–H groups in total. The van der Waals surface area contributed by atoms with Crippen LogP contribution in [0.3, 0.4) is 0 Å². The summed E-state index contributed by atoms with van der Waals surface area (Å²) in [6.45, 7) is -0.718. The Morgan fingerprint density at radius 2 is 1.85 bits per heavy atom. The Bertz CT molecular complexity index is 182. The molecule has 1 aliphatic rings. The van der Waals surface area contributed by atoms with E-state index in [2.05, 4.69) is 4.74 Å². The Balaban J connectivity index is 2.73. The van der Waals surface area contributed by atoms with Crippen LogP contribution in [0.15, 0.2) is 0 Å². The van der Waals surface area contributed by atoms with Crippen molar-refractivity contribution in [2.24, 2.45) is 0 Å². The molecule has 1 rings (SSSR count). The van der Waals surface area contributed by atoms with E-state index in [0.29, 0.717) is 0 Å². The third-order valence-corrected chi connectivity index (χ3v) is 1.96. The van der Waals surface area contributed by atoms with Crippen molar-refractivity contribution in [2.45, 2.75) is 30.4 Å². The number of hydrogen-bond donors (Lipinski definition) is 6. The van der Waals surface area contributed by atoms with Crippen molar-refractivity contribution >= 4 is 0 Å². The second-order valence-electron chi connectivity index (χ2n) is 2.93. The lowest BCUT2D eigenvalue weighted by Gasteiger charge is -2.22. The summed E-state index contributed by atoms with van der Waals surface area (Å²) in [5.41, 5.74) is 0. The summed E-state index contributed by atoms with van der Waals surface area (Å²) in [6.07, 6.45) is -6.78. The van der Waals surface area contributed by atoms with E-state index in [4.69, 9.17) is 30.6 Å². The molecule has 0 spiro atoms. The van der Waals surface area contributed by atoms with Gasteiger partial charge in [0.25, 0.3) is 0 Å². The second-order valence-corrected chi connectivity index (χ2v) is 2.93.